The van der Waals surface area contributed by atoms with Crippen LogP contribution in [0.15, 0.2) is 10.6 Å². The lowest BCUT2D eigenvalue weighted by Gasteiger charge is -2.25. The maximum absolute atomic E-state index is 5.88. The van der Waals surface area contributed by atoms with Gasteiger partial charge in [0.25, 0.3) is 0 Å². The zero-order chi connectivity index (χ0) is 12.8. The Morgan fingerprint density at radius 2 is 2.17 bits per heavy atom. The molecule has 1 heterocycles. The predicted molar refractivity (Wildman–Crippen MR) is 70.1 cm³/mol. The number of hydrogen-bond donors (Lipinski definition) is 1. The van der Waals surface area contributed by atoms with Crippen molar-refractivity contribution in [2.75, 3.05) is 6.54 Å². The van der Waals surface area contributed by atoms with E-state index in [0.29, 0.717) is 12.7 Å². The van der Waals surface area contributed by atoms with E-state index in [9.17, 15) is 0 Å². The van der Waals surface area contributed by atoms with Gasteiger partial charge in [-0.3, -0.25) is 0 Å². The molecule has 0 amide bonds. The third-order valence-corrected chi connectivity index (χ3v) is 3.59. The Bertz CT molecular complexity index is 343. The van der Waals surface area contributed by atoms with Crippen LogP contribution < -0.4 is 5.32 Å². The smallest absolute Gasteiger partial charge is 0.162 e. The summed E-state index contributed by atoms with van der Waals surface area (Å²) in [6, 6.07) is 1.98. The summed E-state index contributed by atoms with van der Waals surface area (Å²) in [6.07, 6.45) is 5.34. The van der Waals surface area contributed by atoms with Crippen LogP contribution in [0.25, 0.3) is 0 Å². The quantitative estimate of drug-likeness (QED) is 0.845. The van der Waals surface area contributed by atoms with Crippen molar-refractivity contribution in [1.82, 2.24) is 10.5 Å². The van der Waals surface area contributed by atoms with Gasteiger partial charge in [-0.1, -0.05) is 19.0 Å². The second-order valence-electron chi connectivity index (χ2n) is 5.26. The molecule has 1 fully saturated rings. The molecule has 0 bridgehead atoms. The van der Waals surface area contributed by atoms with E-state index in [-0.39, 0.29) is 0 Å². The molecule has 1 aromatic heterocycles. The SMILES string of the molecule is CCNCc1cc(COC2CCC(C)CC2)on1. The van der Waals surface area contributed by atoms with Crippen LogP contribution in [0.5, 0.6) is 0 Å². The molecule has 102 valence electrons. The van der Waals surface area contributed by atoms with Crippen molar-refractivity contribution in [3.05, 3.63) is 17.5 Å². The van der Waals surface area contributed by atoms with Gasteiger partial charge >= 0.3 is 0 Å². The molecule has 0 unspecified atom stereocenters. The number of nitrogens with one attached hydrogen (secondary N) is 1. The van der Waals surface area contributed by atoms with Crippen molar-refractivity contribution < 1.29 is 9.26 Å². The third kappa shape index (κ3) is 4.10. The van der Waals surface area contributed by atoms with Crippen molar-refractivity contribution in [3.63, 3.8) is 0 Å². The molecule has 4 nitrogen and oxygen atoms in total. The minimum Gasteiger partial charge on any atom is -0.370 e. The fraction of sp³-hybridized carbons (Fsp3) is 0.786. The lowest BCUT2D eigenvalue weighted by atomic mass is 9.89. The maximum atomic E-state index is 5.88. The highest BCUT2D eigenvalue weighted by atomic mass is 16.5. The highest BCUT2D eigenvalue weighted by Gasteiger charge is 2.19. The average molecular weight is 252 g/mol. The minimum absolute atomic E-state index is 0.406. The first kappa shape index (κ1) is 13.6. The van der Waals surface area contributed by atoms with Gasteiger partial charge in [-0.05, 0) is 38.1 Å². The van der Waals surface area contributed by atoms with Gasteiger partial charge in [0.1, 0.15) is 6.61 Å². The summed E-state index contributed by atoms with van der Waals surface area (Å²) >= 11 is 0. The monoisotopic (exact) mass is 252 g/mol. The first-order valence-electron chi connectivity index (χ1n) is 7.04. The summed E-state index contributed by atoms with van der Waals surface area (Å²) in [5.41, 5.74) is 0.952. The Balaban J connectivity index is 1.71. The van der Waals surface area contributed by atoms with E-state index in [4.69, 9.17) is 9.26 Å². The Morgan fingerprint density at radius 3 is 2.89 bits per heavy atom. The summed E-state index contributed by atoms with van der Waals surface area (Å²) < 4.78 is 11.1. The normalized spacial score (nSPS) is 24.3. The van der Waals surface area contributed by atoms with Gasteiger partial charge in [-0.15, -0.1) is 0 Å². The largest absolute Gasteiger partial charge is 0.370 e. The van der Waals surface area contributed by atoms with Crippen molar-refractivity contribution in [2.24, 2.45) is 5.92 Å². The molecular formula is C14H24N2O2. The number of ether oxygens (including phenoxy) is 1. The van der Waals surface area contributed by atoms with Gasteiger partial charge in [0.2, 0.25) is 0 Å². The molecule has 18 heavy (non-hydrogen) atoms. The van der Waals surface area contributed by atoms with Gasteiger partial charge < -0.3 is 14.6 Å². The molecule has 0 radical (unpaired) electrons. The molecule has 0 saturated heterocycles. The third-order valence-electron chi connectivity index (χ3n) is 3.59. The minimum atomic E-state index is 0.406. The number of aromatic nitrogens is 1. The van der Waals surface area contributed by atoms with Gasteiger partial charge in [0.15, 0.2) is 5.76 Å². The molecule has 1 saturated carbocycles. The lowest BCUT2D eigenvalue weighted by molar-refractivity contribution is -0.000644. The summed E-state index contributed by atoms with van der Waals surface area (Å²) in [5, 5.41) is 7.24. The Labute approximate surface area is 109 Å². The summed E-state index contributed by atoms with van der Waals surface area (Å²) in [7, 11) is 0. The molecule has 0 atom stereocenters. The van der Waals surface area contributed by atoms with Crippen LogP contribution in [0.1, 0.15) is 51.0 Å². The van der Waals surface area contributed by atoms with E-state index in [1.165, 1.54) is 25.7 Å². The fourth-order valence-electron chi connectivity index (χ4n) is 2.36. The molecule has 4 heteroatoms. The average Bonchev–Trinajstić information content (AvgIpc) is 2.84. The van der Waals surface area contributed by atoms with Gasteiger partial charge in [-0.2, -0.15) is 0 Å². The van der Waals surface area contributed by atoms with Crippen molar-refractivity contribution in [3.8, 4) is 0 Å². The number of hydrogen-bond acceptors (Lipinski definition) is 4. The molecule has 1 aliphatic rings. The molecule has 0 aromatic carbocycles. The molecule has 2 rings (SSSR count). The molecular weight excluding hydrogens is 228 g/mol. The highest BCUT2D eigenvalue weighted by molar-refractivity contribution is 5.04. The van der Waals surface area contributed by atoms with E-state index in [0.717, 1.165) is 30.5 Å². The van der Waals surface area contributed by atoms with E-state index >= 15 is 0 Å². The first-order valence-corrected chi connectivity index (χ1v) is 7.04. The van der Waals surface area contributed by atoms with Crippen LogP contribution in [0.3, 0.4) is 0 Å². The molecule has 1 aliphatic carbocycles. The van der Waals surface area contributed by atoms with E-state index < -0.39 is 0 Å². The second kappa shape index (κ2) is 6.90. The maximum Gasteiger partial charge on any atom is 0.162 e. The molecule has 1 aromatic rings. The van der Waals surface area contributed by atoms with E-state index in [1.54, 1.807) is 0 Å². The number of nitrogens with zero attached hydrogens (tertiary/aromatic N) is 1. The van der Waals surface area contributed by atoms with Gasteiger partial charge in [0, 0.05) is 12.6 Å². The number of rotatable bonds is 6. The Hall–Kier alpha value is -0.870. The van der Waals surface area contributed by atoms with Crippen LogP contribution in [-0.2, 0) is 17.9 Å². The van der Waals surface area contributed by atoms with Crippen molar-refractivity contribution >= 4 is 0 Å². The standard InChI is InChI=1S/C14H24N2O2/c1-3-15-9-12-8-14(18-16-12)10-17-13-6-4-11(2)5-7-13/h8,11,13,15H,3-7,9-10H2,1-2H3. The summed E-state index contributed by atoms with van der Waals surface area (Å²) in [5.74, 6) is 1.70. The molecule has 0 spiro atoms. The van der Waals surface area contributed by atoms with Crippen LogP contribution in [0, 0.1) is 5.92 Å². The summed E-state index contributed by atoms with van der Waals surface area (Å²) in [4.78, 5) is 0. The van der Waals surface area contributed by atoms with Crippen LogP contribution in [0.2, 0.25) is 0 Å². The van der Waals surface area contributed by atoms with Crippen LogP contribution >= 0.6 is 0 Å². The predicted octanol–water partition coefficient (Wildman–Crippen LogP) is 2.88. The Kier molecular flexibility index (Phi) is 5.20. The second-order valence-corrected chi connectivity index (χ2v) is 5.26. The van der Waals surface area contributed by atoms with Crippen molar-refractivity contribution in [1.29, 1.82) is 0 Å². The Morgan fingerprint density at radius 1 is 1.39 bits per heavy atom. The highest BCUT2D eigenvalue weighted by Crippen LogP contribution is 2.26. The summed E-state index contributed by atoms with van der Waals surface area (Å²) in [6.45, 7) is 6.66. The first-order chi connectivity index (χ1) is 8.78. The zero-order valence-electron chi connectivity index (χ0n) is 11.4. The molecule has 1 N–H and O–H groups in total. The van der Waals surface area contributed by atoms with Gasteiger partial charge in [0.05, 0.1) is 11.8 Å². The van der Waals surface area contributed by atoms with Crippen LogP contribution in [-0.4, -0.2) is 17.8 Å². The van der Waals surface area contributed by atoms with Gasteiger partial charge in [-0.25, -0.2) is 0 Å². The van der Waals surface area contributed by atoms with Crippen molar-refractivity contribution in [2.45, 2.75) is 58.8 Å². The van der Waals surface area contributed by atoms with E-state index in [1.807, 2.05) is 6.07 Å². The lowest BCUT2D eigenvalue weighted by Crippen LogP contribution is -2.20. The zero-order valence-corrected chi connectivity index (χ0v) is 11.4. The van der Waals surface area contributed by atoms with Crippen LogP contribution in [0.4, 0.5) is 0 Å². The van der Waals surface area contributed by atoms with E-state index in [2.05, 4.69) is 24.3 Å². The fourth-order valence-corrected chi connectivity index (χ4v) is 2.36. The topological polar surface area (TPSA) is 47.3 Å². The molecule has 0 aliphatic heterocycles.